The molecule has 0 saturated carbocycles. The molecule has 0 spiro atoms. The van der Waals surface area contributed by atoms with Crippen molar-refractivity contribution in [2.75, 3.05) is 24.5 Å². The minimum Gasteiger partial charge on any atom is -0.354 e. The van der Waals surface area contributed by atoms with E-state index in [9.17, 15) is 4.79 Å². The van der Waals surface area contributed by atoms with Crippen LogP contribution in [0.1, 0.15) is 39.2 Å². The highest BCUT2D eigenvalue weighted by Crippen LogP contribution is 2.31. The topological polar surface area (TPSA) is 84.1 Å². The maximum atomic E-state index is 11.7. The Kier molecular flexibility index (Phi) is 5.34. The highest BCUT2D eigenvalue weighted by Gasteiger charge is 2.36. The summed E-state index contributed by atoms with van der Waals surface area (Å²) in [6.45, 7) is 10.4. The summed E-state index contributed by atoms with van der Waals surface area (Å²) in [5.41, 5.74) is 6.58. The molecule has 122 valence electrons. The predicted octanol–water partition coefficient (Wildman–Crippen LogP) is 1.14. The molecule has 0 radical (unpaired) electrons. The van der Waals surface area contributed by atoms with Crippen molar-refractivity contribution in [2.24, 2.45) is 17.6 Å². The summed E-state index contributed by atoms with van der Waals surface area (Å²) in [5.74, 6) is 2.14. The van der Waals surface area contributed by atoms with Gasteiger partial charge < -0.3 is 16.0 Å². The zero-order valence-electron chi connectivity index (χ0n) is 13.9. The second-order valence-electron chi connectivity index (χ2n) is 6.65. The molecular formula is C16H27N5O. The number of nitrogens with two attached hydrogens (primary N) is 1. The summed E-state index contributed by atoms with van der Waals surface area (Å²) in [5, 5.41) is 3.06. The maximum absolute atomic E-state index is 11.7. The Morgan fingerprint density at radius 3 is 2.73 bits per heavy atom. The van der Waals surface area contributed by atoms with Gasteiger partial charge in [0.1, 0.15) is 12.1 Å². The van der Waals surface area contributed by atoms with Crippen LogP contribution in [0.25, 0.3) is 0 Å². The summed E-state index contributed by atoms with van der Waals surface area (Å²) in [7, 11) is 0. The molecule has 1 aromatic rings. The summed E-state index contributed by atoms with van der Waals surface area (Å²) in [4.78, 5) is 22.6. The SMILES string of the molecule is CC(C)c1cncnc1N1C[C@@H](NC(=O)CN)[C@H](C(C)C)C1. The number of carbonyl (C=O) groups excluding carboxylic acids is 1. The van der Waals surface area contributed by atoms with Crippen LogP contribution < -0.4 is 16.0 Å². The Morgan fingerprint density at radius 2 is 2.14 bits per heavy atom. The summed E-state index contributed by atoms with van der Waals surface area (Å²) in [6.07, 6.45) is 3.49. The molecule has 1 amide bonds. The van der Waals surface area contributed by atoms with Crippen LogP contribution in [-0.2, 0) is 4.79 Å². The van der Waals surface area contributed by atoms with Crippen molar-refractivity contribution >= 4 is 11.7 Å². The first-order chi connectivity index (χ1) is 10.4. The number of rotatable bonds is 5. The zero-order chi connectivity index (χ0) is 16.3. The van der Waals surface area contributed by atoms with Gasteiger partial charge in [0.25, 0.3) is 0 Å². The number of anilines is 1. The van der Waals surface area contributed by atoms with Crippen LogP contribution >= 0.6 is 0 Å². The van der Waals surface area contributed by atoms with Crippen molar-refractivity contribution in [1.82, 2.24) is 15.3 Å². The normalized spacial score (nSPS) is 21.7. The number of nitrogens with zero attached hydrogens (tertiary/aromatic N) is 3. The van der Waals surface area contributed by atoms with Crippen LogP contribution in [0.4, 0.5) is 5.82 Å². The third-order valence-corrected chi connectivity index (χ3v) is 4.39. The standard InChI is InChI=1S/C16H27N5O/c1-10(2)12-6-18-9-19-16(12)21-7-13(11(3)4)14(8-21)20-15(22)5-17/h6,9-11,13-14H,5,7-8,17H2,1-4H3,(H,20,22)/t13-,14+/m0/s1. The highest BCUT2D eigenvalue weighted by molar-refractivity contribution is 5.78. The lowest BCUT2D eigenvalue weighted by molar-refractivity contribution is -0.120. The number of hydrogen-bond donors (Lipinski definition) is 2. The molecule has 6 nitrogen and oxygen atoms in total. The van der Waals surface area contributed by atoms with E-state index in [0.29, 0.717) is 17.8 Å². The molecule has 22 heavy (non-hydrogen) atoms. The number of amides is 1. The molecule has 0 aliphatic carbocycles. The van der Waals surface area contributed by atoms with Crippen molar-refractivity contribution in [3.8, 4) is 0 Å². The fraction of sp³-hybridized carbons (Fsp3) is 0.688. The molecule has 2 heterocycles. The van der Waals surface area contributed by atoms with E-state index in [1.807, 2.05) is 6.20 Å². The van der Waals surface area contributed by atoms with E-state index in [4.69, 9.17) is 5.73 Å². The molecule has 1 fully saturated rings. The second-order valence-corrected chi connectivity index (χ2v) is 6.65. The van der Waals surface area contributed by atoms with E-state index in [0.717, 1.165) is 24.5 Å². The molecule has 1 aliphatic heterocycles. The highest BCUT2D eigenvalue weighted by atomic mass is 16.1. The molecule has 0 unspecified atom stereocenters. The Morgan fingerprint density at radius 1 is 1.41 bits per heavy atom. The molecule has 0 aromatic carbocycles. The van der Waals surface area contributed by atoms with Gasteiger partial charge in [-0.2, -0.15) is 0 Å². The van der Waals surface area contributed by atoms with Gasteiger partial charge in [0.2, 0.25) is 5.91 Å². The molecular weight excluding hydrogens is 278 g/mol. The number of aromatic nitrogens is 2. The first kappa shape index (κ1) is 16.7. The molecule has 1 aromatic heterocycles. The molecule has 2 atom stereocenters. The van der Waals surface area contributed by atoms with Crippen LogP contribution in [0.5, 0.6) is 0 Å². The van der Waals surface area contributed by atoms with Crippen LogP contribution in [0, 0.1) is 11.8 Å². The summed E-state index contributed by atoms with van der Waals surface area (Å²) >= 11 is 0. The molecule has 1 saturated heterocycles. The van der Waals surface area contributed by atoms with E-state index in [-0.39, 0.29) is 18.5 Å². The fourth-order valence-electron chi connectivity index (χ4n) is 3.10. The lowest BCUT2D eigenvalue weighted by Gasteiger charge is -2.22. The van der Waals surface area contributed by atoms with E-state index < -0.39 is 0 Å². The lowest BCUT2D eigenvalue weighted by Crippen LogP contribution is -2.44. The van der Waals surface area contributed by atoms with Crippen molar-refractivity contribution in [2.45, 2.75) is 39.7 Å². The average Bonchev–Trinajstić information content (AvgIpc) is 2.91. The number of nitrogens with one attached hydrogen (secondary N) is 1. The van der Waals surface area contributed by atoms with Crippen LogP contribution in [0.2, 0.25) is 0 Å². The summed E-state index contributed by atoms with van der Waals surface area (Å²) in [6, 6.07) is 0.117. The Hall–Kier alpha value is -1.69. The van der Waals surface area contributed by atoms with Gasteiger partial charge >= 0.3 is 0 Å². The quantitative estimate of drug-likeness (QED) is 0.852. The average molecular weight is 305 g/mol. The van der Waals surface area contributed by atoms with Crippen molar-refractivity contribution in [1.29, 1.82) is 0 Å². The summed E-state index contributed by atoms with van der Waals surface area (Å²) < 4.78 is 0. The molecule has 1 aliphatic rings. The Balaban J connectivity index is 2.22. The molecule has 0 bridgehead atoms. The predicted molar refractivity (Wildman–Crippen MR) is 87.6 cm³/mol. The van der Waals surface area contributed by atoms with E-state index >= 15 is 0 Å². The van der Waals surface area contributed by atoms with Crippen molar-refractivity contribution in [3.63, 3.8) is 0 Å². The monoisotopic (exact) mass is 305 g/mol. The van der Waals surface area contributed by atoms with Gasteiger partial charge in [-0.05, 0) is 11.8 Å². The van der Waals surface area contributed by atoms with Gasteiger partial charge in [-0.1, -0.05) is 27.7 Å². The number of hydrogen-bond acceptors (Lipinski definition) is 5. The van der Waals surface area contributed by atoms with E-state index in [1.54, 1.807) is 6.33 Å². The first-order valence-electron chi connectivity index (χ1n) is 7.98. The lowest BCUT2D eigenvalue weighted by atomic mass is 9.91. The minimum absolute atomic E-state index is 0.0338. The van der Waals surface area contributed by atoms with Gasteiger partial charge in [-0.3, -0.25) is 4.79 Å². The molecule has 2 rings (SSSR count). The largest absolute Gasteiger partial charge is 0.354 e. The van der Waals surface area contributed by atoms with Gasteiger partial charge in [-0.15, -0.1) is 0 Å². The second kappa shape index (κ2) is 7.05. The molecule has 6 heteroatoms. The van der Waals surface area contributed by atoms with E-state index in [1.165, 1.54) is 0 Å². The third-order valence-electron chi connectivity index (χ3n) is 4.39. The van der Waals surface area contributed by atoms with Crippen LogP contribution in [0.3, 0.4) is 0 Å². The van der Waals surface area contributed by atoms with E-state index in [2.05, 4.69) is 47.9 Å². The van der Waals surface area contributed by atoms with Gasteiger partial charge in [0.15, 0.2) is 0 Å². The third kappa shape index (κ3) is 3.55. The maximum Gasteiger partial charge on any atom is 0.234 e. The van der Waals surface area contributed by atoms with Crippen LogP contribution in [-0.4, -0.2) is 41.6 Å². The van der Waals surface area contributed by atoms with Crippen LogP contribution in [0.15, 0.2) is 12.5 Å². The Bertz CT molecular complexity index is 517. The zero-order valence-corrected chi connectivity index (χ0v) is 13.9. The van der Waals surface area contributed by atoms with Gasteiger partial charge in [-0.25, -0.2) is 9.97 Å². The Labute approximate surface area is 132 Å². The van der Waals surface area contributed by atoms with Crippen molar-refractivity contribution < 1.29 is 4.79 Å². The first-order valence-corrected chi connectivity index (χ1v) is 7.98. The van der Waals surface area contributed by atoms with Gasteiger partial charge in [0, 0.05) is 30.8 Å². The smallest absolute Gasteiger partial charge is 0.234 e. The van der Waals surface area contributed by atoms with Crippen molar-refractivity contribution in [3.05, 3.63) is 18.1 Å². The minimum atomic E-state index is -0.0933. The fourth-order valence-corrected chi connectivity index (χ4v) is 3.10. The molecule has 3 N–H and O–H groups in total. The van der Waals surface area contributed by atoms with Gasteiger partial charge in [0.05, 0.1) is 12.6 Å². The number of carbonyl (C=O) groups is 1.